The van der Waals surface area contributed by atoms with Crippen molar-refractivity contribution in [1.29, 1.82) is 0 Å². The van der Waals surface area contributed by atoms with E-state index in [0.717, 1.165) is 30.0 Å². The Labute approximate surface area is 177 Å². The van der Waals surface area contributed by atoms with Crippen LogP contribution in [0.4, 0.5) is 11.4 Å². The Bertz CT molecular complexity index is 874. The summed E-state index contributed by atoms with van der Waals surface area (Å²) in [5.41, 5.74) is 8.75. The van der Waals surface area contributed by atoms with E-state index in [1.54, 1.807) is 24.3 Å². The van der Waals surface area contributed by atoms with Crippen molar-refractivity contribution in [3.8, 4) is 5.75 Å². The molecule has 1 amide bonds. The first-order chi connectivity index (χ1) is 14.3. The molecular formula is C23H29N3O4. The summed E-state index contributed by atoms with van der Waals surface area (Å²) in [6.07, 6.45) is 0.615. The van der Waals surface area contributed by atoms with Gasteiger partial charge in [-0.1, -0.05) is 24.3 Å². The lowest BCUT2D eigenvalue weighted by Gasteiger charge is -2.37. The van der Waals surface area contributed by atoms with E-state index in [2.05, 4.69) is 10.2 Å². The van der Waals surface area contributed by atoms with Gasteiger partial charge in [0, 0.05) is 20.0 Å². The summed E-state index contributed by atoms with van der Waals surface area (Å²) in [5, 5.41) is 2.98. The minimum atomic E-state index is -0.708. The lowest BCUT2D eigenvalue weighted by molar-refractivity contribution is -0.131. The van der Waals surface area contributed by atoms with Crippen LogP contribution < -0.4 is 20.7 Å². The van der Waals surface area contributed by atoms with Crippen LogP contribution >= 0.6 is 0 Å². The summed E-state index contributed by atoms with van der Waals surface area (Å²) in [4.78, 5) is 26.0. The van der Waals surface area contributed by atoms with E-state index in [-0.39, 0.29) is 24.1 Å². The number of morpholine rings is 1. The molecule has 3 atom stereocenters. The van der Waals surface area contributed by atoms with Gasteiger partial charge in [-0.25, -0.2) is 0 Å². The number of nitrogens with zero attached hydrogens (tertiary/aromatic N) is 1. The summed E-state index contributed by atoms with van der Waals surface area (Å²) in [6.45, 7) is 6.97. The van der Waals surface area contributed by atoms with Gasteiger partial charge >= 0.3 is 5.97 Å². The number of nitrogens with two attached hydrogens (primary N) is 1. The first-order valence-corrected chi connectivity index (χ1v) is 10.1. The molecule has 1 saturated heterocycles. The molecule has 0 bridgehead atoms. The maximum atomic E-state index is 12.7. The molecule has 160 valence electrons. The van der Waals surface area contributed by atoms with Crippen LogP contribution in [-0.4, -0.2) is 43.2 Å². The number of hydrogen-bond acceptors (Lipinski definition) is 6. The summed E-state index contributed by atoms with van der Waals surface area (Å²) in [6, 6.07) is 14.0. The third kappa shape index (κ3) is 5.81. The highest BCUT2D eigenvalue weighted by Crippen LogP contribution is 2.28. The van der Waals surface area contributed by atoms with Gasteiger partial charge in [0.2, 0.25) is 5.91 Å². The Morgan fingerprint density at radius 3 is 2.40 bits per heavy atom. The van der Waals surface area contributed by atoms with Crippen molar-refractivity contribution in [3.05, 3.63) is 54.1 Å². The van der Waals surface area contributed by atoms with Crippen LogP contribution in [0.2, 0.25) is 0 Å². The zero-order valence-electron chi connectivity index (χ0n) is 17.6. The normalized spacial score (nSPS) is 19.8. The minimum absolute atomic E-state index is 0.120. The SMILES string of the molecule is CC(=O)Oc1ccc(CC(N)C(=O)Nc2ccccc2N2CC(C)OC(C)C2)cc1. The van der Waals surface area contributed by atoms with Crippen molar-refractivity contribution in [2.24, 2.45) is 5.73 Å². The molecule has 2 aromatic carbocycles. The lowest BCUT2D eigenvalue weighted by Crippen LogP contribution is -2.46. The molecule has 3 rings (SSSR count). The van der Waals surface area contributed by atoms with Crippen molar-refractivity contribution in [1.82, 2.24) is 0 Å². The second-order valence-corrected chi connectivity index (χ2v) is 7.72. The van der Waals surface area contributed by atoms with Gasteiger partial charge in [0.15, 0.2) is 0 Å². The maximum Gasteiger partial charge on any atom is 0.308 e. The monoisotopic (exact) mass is 411 g/mol. The van der Waals surface area contributed by atoms with E-state index in [0.29, 0.717) is 12.2 Å². The number of nitrogens with one attached hydrogen (secondary N) is 1. The highest BCUT2D eigenvalue weighted by molar-refractivity contribution is 5.97. The van der Waals surface area contributed by atoms with Crippen LogP contribution in [0.25, 0.3) is 0 Å². The fourth-order valence-electron chi connectivity index (χ4n) is 3.66. The van der Waals surface area contributed by atoms with Gasteiger partial charge in [-0.15, -0.1) is 0 Å². The zero-order valence-corrected chi connectivity index (χ0v) is 17.6. The van der Waals surface area contributed by atoms with Gasteiger partial charge in [-0.2, -0.15) is 0 Å². The number of benzene rings is 2. The molecule has 0 saturated carbocycles. The van der Waals surface area contributed by atoms with Crippen molar-refractivity contribution in [3.63, 3.8) is 0 Å². The quantitative estimate of drug-likeness (QED) is 0.561. The average Bonchev–Trinajstić information content (AvgIpc) is 2.68. The molecule has 1 heterocycles. The summed E-state index contributed by atoms with van der Waals surface area (Å²) >= 11 is 0. The molecule has 0 radical (unpaired) electrons. The highest BCUT2D eigenvalue weighted by atomic mass is 16.5. The predicted octanol–water partition coefficient (Wildman–Crippen LogP) is 2.73. The Kier molecular flexibility index (Phi) is 7.07. The van der Waals surface area contributed by atoms with Crippen LogP contribution in [0.15, 0.2) is 48.5 Å². The topological polar surface area (TPSA) is 93.9 Å². The molecule has 1 aliphatic rings. The van der Waals surface area contributed by atoms with Gasteiger partial charge < -0.3 is 25.4 Å². The Balaban J connectivity index is 1.65. The molecule has 1 aliphatic heterocycles. The van der Waals surface area contributed by atoms with Crippen LogP contribution in [0.5, 0.6) is 5.75 Å². The molecule has 0 aliphatic carbocycles. The summed E-state index contributed by atoms with van der Waals surface area (Å²) in [7, 11) is 0. The number of esters is 1. The maximum absolute atomic E-state index is 12.7. The first kappa shape index (κ1) is 21.8. The molecule has 7 nitrogen and oxygen atoms in total. The smallest absolute Gasteiger partial charge is 0.308 e. The largest absolute Gasteiger partial charge is 0.427 e. The number of carbonyl (C=O) groups excluding carboxylic acids is 2. The van der Waals surface area contributed by atoms with Crippen molar-refractivity contribution < 1.29 is 19.1 Å². The molecule has 0 aromatic heterocycles. The number of ether oxygens (including phenoxy) is 2. The van der Waals surface area contributed by atoms with E-state index in [9.17, 15) is 9.59 Å². The number of hydrogen-bond donors (Lipinski definition) is 2. The third-order valence-electron chi connectivity index (χ3n) is 4.90. The van der Waals surface area contributed by atoms with E-state index in [1.807, 2.05) is 38.1 Å². The number of amides is 1. The Morgan fingerprint density at radius 1 is 1.13 bits per heavy atom. The number of anilines is 2. The molecule has 3 N–H and O–H groups in total. The second-order valence-electron chi connectivity index (χ2n) is 7.72. The molecule has 2 aromatic rings. The number of para-hydroxylation sites is 2. The molecule has 0 spiro atoms. The lowest BCUT2D eigenvalue weighted by atomic mass is 10.1. The molecule has 7 heteroatoms. The molecular weight excluding hydrogens is 382 g/mol. The second kappa shape index (κ2) is 9.73. The Hall–Kier alpha value is -2.90. The van der Waals surface area contributed by atoms with Gasteiger partial charge in [0.25, 0.3) is 0 Å². The Morgan fingerprint density at radius 2 is 1.77 bits per heavy atom. The number of carbonyl (C=O) groups is 2. The standard InChI is InChI=1S/C23H29N3O4/c1-15-13-26(14-16(2)29-15)22-7-5-4-6-21(22)25-23(28)20(24)12-18-8-10-19(11-9-18)30-17(3)27/h4-11,15-16,20H,12-14,24H2,1-3H3,(H,25,28). The van der Waals surface area contributed by atoms with Crippen molar-refractivity contribution >= 4 is 23.3 Å². The van der Waals surface area contributed by atoms with Crippen molar-refractivity contribution in [2.45, 2.75) is 45.4 Å². The van der Waals surface area contributed by atoms with Crippen LogP contribution in [0.3, 0.4) is 0 Å². The number of rotatable bonds is 6. The van der Waals surface area contributed by atoms with Gasteiger partial charge in [-0.05, 0) is 50.1 Å². The summed E-state index contributed by atoms with van der Waals surface area (Å²) < 4.78 is 10.8. The van der Waals surface area contributed by atoms with E-state index in [4.69, 9.17) is 15.2 Å². The van der Waals surface area contributed by atoms with Crippen molar-refractivity contribution in [2.75, 3.05) is 23.3 Å². The van der Waals surface area contributed by atoms with Crippen LogP contribution in [0.1, 0.15) is 26.3 Å². The predicted molar refractivity (Wildman–Crippen MR) is 117 cm³/mol. The first-order valence-electron chi connectivity index (χ1n) is 10.1. The van der Waals surface area contributed by atoms with E-state index < -0.39 is 6.04 Å². The third-order valence-corrected chi connectivity index (χ3v) is 4.90. The van der Waals surface area contributed by atoms with Gasteiger partial charge in [0.1, 0.15) is 5.75 Å². The fourth-order valence-corrected chi connectivity index (χ4v) is 3.66. The summed E-state index contributed by atoms with van der Waals surface area (Å²) in [5.74, 6) is -0.158. The molecule has 3 unspecified atom stereocenters. The van der Waals surface area contributed by atoms with Crippen LogP contribution in [-0.2, 0) is 20.7 Å². The van der Waals surface area contributed by atoms with Gasteiger partial charge in [0.05, 0.1) is 29.6 Å². The minimum Gasteiger partial charge on any atom is -0.427 e. The van der Waals surface area contributed by atoms with E-state index in [1.165, 1.54) is 6.92 Å². The van der Waals surface area contributed by atoms with E-state index >= 15 is 0 Å². The van der Waals surface area contributed by atoms with Gasteiger partial charge in [-0.3, -0.25) is 9.59 Å². The fraction of sp³-hybridized carbons (Fsp3) is 0.391. The molecule has 30 heavy (non-hydrogen) atoms. The molecule has 1 fully saturated rings. The zero-order chi connectivity index (χ0) is 21.7. The average molecular weight is 412 g/mol. The highest BCUT2D eigenvalue weighted by Gasteiger charge is 2.25. The van der Waals surface area contributed by atoms with Crippen LogP contribution in [0, 0.1) is 0 Å².